The summed E-state index contributed by atoms with van der Waals surface area (Å²) in [5.41, 5.74) is 8.19. The van der Waals surface area contributed by atoms with E-state index in [4.69, 9.17) is 10.5 Å². The summed E-state index contributed by atoms with van der Waals surface area (Å²) in [5, 5.41) is 0. The smallest absolute Gasteiger partial charge is 0.408 e. The third-order valence-corrected chi connectivity index (χ3v) is 4.75. The highest BCUT2D eigenvalue weighted by molar-refractivity contribution is 5.78. The van der Waals surface area contributed by atoms with Crippen molar-refractivity contribution in [1.29, 1.82) is 0 Å². The molecule has 0 radical (unpaired) electrons. The van der Waals surface area contributed by atoms with Crippen LogP contribution >= 0.6 is 0 Å². The molecule has 2 unspecified atom stereocenters. The van der Waals surface area contributed by atoms with Crippen molar-refractivity contribution in [2.45, 2.75) is 50.4 Å². The molecule has 1 saturated heterocycles. The van der Waals surface area contributed by atoms with E-state index in [1.165, 1.54) is 11.1 Å². The minimum absolute atomic E-state index is 0.0867. The van der Waals surface area contributed by atoms with Crippen LogP contribution < -0.4 is 10.5 Å². The predicted octanol–water partition coefficient (Wildman–Crippen LogP) is 2.43. The third-order valence-electron chi connectivity index (χ3n) is 4.75. The van der Waals surface area contributed by atoms with E-state index in [0.717, 1.165) is 24.2 Å². The van der Waals surface area contributed by atoms with Crippen LogP contribution in [0.2, 0.25) is 0 Å². The lowest BCUT2D eigenvalue weighted by atomic mass is 9.98. The first-order chi connectivity index (χ1) is 11.3. The molecule has 132 valence electrons. The Morgan fingerprint density at radius 2 is 2.00 bits per heavy atom. The first-order valence-corrected chi connectivity index (χ1v) is 8.21. The average Bonchev–Trinajstić information content (AvgIpc) is 2.99. The summed E-state index contributed by atoms with van der Waals surface area (Å²) in [6.45, 7) is -0.491. The molecular formula is C17H21F3N2O2. The van der Waals surface area contributed by atoms with Gasteiger partial charge in [-0.3, -0.25) is 4.79 Å². The fourth-order valence-electron chi connectivity index (χ4n) is 3.48. The van der Waals surface area contributed by atoms with E-state index < -0.39 is 30.8 Å². The van der Waals surface area contributed by atoms with Crippen LogP contribution in [0.1, 0.15) is 30.4 Å². The van der Waals surface area contributed by atoms with Crippen molar-refractivity contribution in [1.82, 2.24) is 4.90 Å². The largest absolute Gasteiger partial charge is 0.484 e. The molecule has 1 aliphatic carbocycles. The Kier molecular flexibility index (Phi) is 4.71. The SMILES string of the molecule is NC1CCC(C(F)(F)F)N(C(=O)COc2ccc3c(c2)CCC3)C1. The molecule has 2 atom stereocenters. The van der Waals surface area contributed by atoms with Crippen LogP contribution in [0.25, 0.3) is 0 Å². The highest BCUT2D eigenvalue weighted by atomic mass is 19.4. The summed E-state index contributed by atoms with van der Waals surface area (Å²) < 4.78 is 44.8. The van der Waals surface area contributed by atoms with E-state index in [2.05, 4.69) is 0 Å². The van der Waals surface area contributed by atoms with Crippen LogP contribution in [0.15, 0.2) is 18.2 Å². The van der Waals surface area contributed by atoms with Gasteiger partial charge in [-0.05, 0) is 55.4 Å². The van der Waals surface area contributed by atoms with Gasteiger partial charge in [0.2, 0.25) is 0 Å². The lowest BCUT2D eigenvalue weighted by Crippen LogP contribution is -2.57. The van der Waals surface area contributed by atoms with E-state index in [9.17, 15) is 18.0 Å². The van der Waals surface area contributed by atoms with Gasteiger partial charge >= 0.3 is 6.18 Å². The Bertz CT molecular complexity index is 618. The lowest BCUT2D eigenvalue weighted by Gasteiger charge is -2.39. The number of nitrogens with zero attached hydrogens (tertiary/aromatic N) is 1. The number of benzene rings is 1. The monoisotopic (exact) mass is 342 g/mol. The van der Waals surface area contributed by atoms with E-state index >= 15 is 0 Å². The van der Waals surface area contributed by atoms with Gasteiger partial charge in [-0.25, -0.2) is 0 Å². The molecule has 7 heteroatoms. The predicted molar refractivity (Wildman–Crippen MR) is 82.7 cm³/mol. The van der Waals surface area contributed by atoms with E-state index in [-0.39, 0.29) is 19.4 Å². The van der Waals surface area contributed by atoms with Gasteiger partial charge < -0.3 is 15.4 Å². The summed E-state index contributed by atoms with van der Waals surface area (Å²) >= 11 is 0. The van der Waals surface area contributed by atoms with E-state index in [1.807, 2.05) is 12.1 Å². The average molecular weight is 342 g/mol. The Morgan fingerprint density at radius 1 is 1.25 bits per heavy atom. The molecule has 1 amide bonds. The number of nitrogens with two attached hydrogens (primary N) is 1. The Labute approximate surface area is 138 Å². The number of hydrogen-bond acceptors (Lipinski definition) is 3. The molecule has 2 aliphatic rings. The van der Waals surface area contributed by atoms with Crippen molar-refractivity contribution in [3.05, 3.63) is 29.3 Å². The number of alkyl halides is 3. The van der Waals surface area contributed by atoms with Crippen LogP contribution in [-0.2, 0) is 17.6 Å². The lowest BCUT2D eigenvalue weighted by molar-refractivity contribution is -0.197. The zero-order valence-corrected chi connectivity index (χ0v) is 13.3. The molecule has 1 aromatic rings. The minimum atomic E-state index is -4.44. The van der Waals surface area contributed by atoms with Gasteiger partial charge in [0, 0.05) is 12.6 Å². The molecule has 24 heavy (non-hydrogen) atoms. The fraction of sp³-hybridized carbons (Fsp3) is 0.588. The topological polar surface area (TPSA) is 55.6 Å². The number of halogens is 3. The number of carbonyl (C=O) groups excluding carboxylic acids is 1. The second kappa shape index (κ2) is 6.63. The van der Waals surface area contributed by atoms with E-state index in [0.29, 0.717) is 5.75 Å². The van der Waals surface area contributed by atoms with Gasteiger partial charge in [-0.15, -0.1) is 0 Å². The van der Waals surface area contributed by atoms with Crippen LogP contribution in [0, 0.1) is 0 Å². The summed E-state index contributed by atoms with van der Waals surface area (Å²) in [4.78, 5) is 13.1. The van der Waals surface area contributed by atoms with Crippen LogP contribution in [0.3, 0.4) is 0 Å². The summed E-state index contributed by atoms with van der Waals surface area (Å²) in [5.74, 6) is -0.151. The van der Waals surface area contributed by atoms with Crippen LogP contribution in [-0.4, -0.2) is 42.2 Å². The van der Waals surface area contributed by atoms with Gasteiger partial charge in [-0.2, -0.15) is 13.2 Å². The zero-order valence-electron chi connectivity index (χ0n) is 13.3. The Hall–Kier alpha value is -1.76. The Balaban J connectivity index is 1.64. The maximum absolute atomic E-state index is 13.1. The molecular weight excluding hydrogens is 321 g/mol. The van der Waals surface area contributed by atoms with Crippen molar-refractivity contribution in [3.63, 3.8) is 0 Å². The second-order valence-electron chi connectivity index (χ2n) is 6.51. The number of amides is 1. The van der Waals surface area contributed by atoms with Gasteiger partial charge in [0.05, 0.1) is 0 Å². The molecule has 4 nitrogen and oxygen atoms in total. The van der Waals surface area contributed by atoms with Gasteiger partial charge in [0.1, 0.15) is 11.8 Å². The molecule has 0 bridgehead atoms. The standard InChI is InChI=1S/C17H21F3N2O2/c18-17(19,20)15-7-5-13(21)9-22(15)16(23)10-24-14-6-4-11-2-1-3-12(11)8-14/h4,6,8,13,15H,1-3,5,7,9-10,21H2. The Morgan fingerprint density at radius 3 is 2.75 bits per heavy atom. The van der Waals surface area contributed by atoms with Crippen molar-refractivity contribution in [2.75, 3.05) is 13.2 Å². The molecule has 1 fully saturated rings. The normalized spacial score (nSPS) is 23.9. The number of hydrogen-bond donors (Lipinski definition) is 1. The molecule has 2 N–H and O–H groups in total. The van der Waals surface area contributed by atoms with Crippen molar-refractivity contribution in [2.24, 2.45) is 5.73 Å². The molecule has 0 aromatic heterocycles. The number of fused-ring (bicyclic) bond motifs is 1. The first kappa shape index (κ1) is 17.1. The molecule has 1 aromatic carbocycles. The molecule has 0 saturated carbocycles. The zero-order chi connectivity index (χ0) is 17.3. The fourth-order valence-corrected chi connectivity index (χ4v) is 3.48. The molecule has 0 spiro atoms. The number of rotatable bonds is 3. The van der Waals surface area contributed by atoms with Gasteiger partial charge in [0.25, 0.3) is 5.91 Å². The third kappa shape index (κ3) is 3.66. The highest BCUT2D eigenvalue weighted by Gasteiger charge is 2.47. The number of piperidine rings is 1. The van der Waals surface area contributed by atoms with Crippen molar-refractivity contribution in [3.8, 4) is 5.75 Å². The first-order valence-electron chi connectivity index (χ1n) is 8.21. The molecule has 1 aliphatic heterocycles. The minimum Gasteiger partial charge on any atom is -0.484 e. The number of ether oxygens (including phenoxy) is 1. The maximum Gasteiger partial charge on any atom is 0.408 e. The molecule has 1 heterocycles. The molecule has 3 rings (SSSR count). The van der Waals surface area contributed by atoms with Crippen LogP contribution in [0.4, 0.5) is 13.2 Å². The second-order valence-corrected chi connectivity index (χ2v) is 6.51. The maximum atomic E-state index is 13.1. The number of likely N-dealkylation sites (tertiary alicyclic amines) is 1. The highest BCUT2D eigenvalue weighted by Crippen LogP contribution is 2.32. The summed E-state index contributed by atoms with van der Waals surface area (Å²) in [6, 6.07) is 3.40. The van der Waals surface area contributed by atoms with Crippen molar-refractivity contribution >= 4 is 5.91 Å². The van der Waals surface area contributed by atoms with Crippen molar-refractivity contribution < 1.29 is 22.7 Å². The van der Waals surface area contributed by atoms with Gasteiger partial charge in [-0.1, -0.05) is 6.07 Å². The van der Waals surface area contributed by atoms with Crippen LogP contribution in [0.5, 0.6) is 5.75 Å². The van der Waals surface area contributed by atoms with Gasteiger partial charge in [0.15, 0.2) is 6.61 Å². The van der Waals surface area contributed by atoms with E-state index in [1.54, 1.807) is 6.07 Å². The number of carbonyl (C=O) groups is 1. The quantitative estimate of drug-likeness (QED) is 0.918. The summed E-state index contributed by atoms with van der Waals surface area (Å²) in [7, 11) is 0. The number of aryl methyl sites for hydroxylation is 2. The summed E-state index contributed by atoms with van der Waals surface area (Å²) in [6.07, 6.45) is -1.24.